The maximum atomic E-state index is 13.6. The molecule has 2 N–H and O–H groups in total. The second-order valence-corrected chi connectivity index (χ2v) is 6.52. The summed E-state index contributed by atoms with van der Waals surface area (Å²) >= 11 is 1.33. The van der Waals surface area contributed by atoms with Gasteiger partial charge in [-0.15, -0.1) is 11.3 Å². The van der Waals surface area contributed by atoms with E-state index in [1.54, 1.807) is 54.6 Å². The van der Waals surface area contributed by atoms with Gasteiger partial charge in [0.05, 0.1) is 16.1 Å². The molecule has 0 unspecified atom stereocenters. The lowest BCUT2D eigenvalue weighted by Crippen LogP contribution is -2.27. The smallest absolute Gasteiger partial charge is 0.265 e. The van der Waals surface area contributed by atoms with Gasteiger partial charge in [0, 0.05) is 6.54 Å². The van der Waals surface area contributed by atoms with Gasteiger partial charge in [-0.1, -0.05) is 36.4 Å². The van der Waals surface area contributed by atoms with E-state index in [1.165, 1.54) is 17.4 Å². The number of anilines is 1. The minimum Gasteiger partial charge on any atom is -0.352 e. The number of amides is 2. The van der Waals surface area contributed by atoms with Crippen molar-refractivity contribution in [3.63, 3.8) is 0 Å². The van der Waals surface area contributed by atoms with Crippen LogP contribution in [-0.2, 0) is 6.42 Å². The Bertz CT molecular complexity index is 910. The third-order valence-corrected chi connectivity index (χ3v) is 4.67. The number of carbonyl (C=O) groups excluding carboxylic acids is 2. The van der Waals surface area contributed by atoms with Gasteiger partial charge in [0.1, 0.15) is 5.82 Å². The van der Waals surface area contributed by atoms with Crippen LogP contribution in [0.4, 0.5) is 10.1 Å². The summed E-state index contributed by atoms with van der Waals surface area (Å²) in [6.45, 7) is 0.299. The lowest BCUT2D eigenvalue weighted by molar-refractivity contribution is 0.0955. The van der Waals surface area contributed by atoms with E-state index >= 15 is 0 Å². The van der Waals surface area contributed by atoms with E-state index in [4.69, 9.17) is 0 Å². The molecule has 1 aromatic heterocycles. The van der Waals surface area contributed by atoms with Crippen molar-refractivity contribution >= 4 is 28.8 Å². The summed E-state index contributed by atoms with van der Waals surface area (Å²) in [5.74, 6) is -0.861. The first-order chi connectivity index (χ1) is 12.6. The van der Waals surface area contributed by atoms with E-state index in [2.05, 4.69) is 10.6 Å². The van der Waals surface area contributed by atoms with Gasteiger partial charge in [0.15, 0.2) is 0 Å². The molecule has 0 saturated carbocycles. The third kappa shape index (κ3) is 4.34. The van der Waals surface area contributed by atoms with Gasteiger partial charge in [-0.05, 0) is 41.6 Å². The van der Waals surface area contributed by atoms with E-state index in [1.807, 2.05) is 5.38 Å². The topological polar surface area (TPSA) is 58.2 Å². The van der Waals surface area contributed by atoms with E-state index < -0.39 is 0 Å². The van der Waals surface area contributed by atoms with E-state index in [-0.39, 0.29) is 17.6 Å². The highest BCUT2D eigenvalue weighted by Gasteiger charge is 2.14. The van der Waals surface area contributed by atoms with Crippen molar-refractivity contribution in [3.05, 3.63) is 87.9 Å². The summed E-state index contributed by atoms with van der Waals surface area (Å²) in [6, 6.07) is 16.8. The van der Waals surface area contributed by atoms with Crippen LogP contribution in [0.25, 0.3) is 0 Å². The molecule has 0 saturated heterocycles. The standard InChI is InChI=1S/C20H17FN2O2S/c21-16-8-3-1-6-14(16)11-12-22-19(24)15-7-2-4-9-17(15)23-20(25)18-10-5-13-26-18/h1-10,13H,11-12H2,(H,22,24)(H,23,25). The highest BCUT2D eigenvalue weighted by atomic mass is 32.1. The Hall–Kier alpha value is -2.99. The van der Waals surface area contributed by atoms with Gasteiger partial charge in [-0.25, -0.2) is 4.39 Å². The zero-order valence-electron chi connectivity index (χ0n) is 13.9. The van der Waals surface area contributed by atoms with Gasteiger partial charge in [0.25, 0.3) is 11.8 Å². The van der Waals surface area contributed by atoms with Crippen LogP contribution < -0.4 is 10.6 Å². The summed E-state index contributed by atoms with van der Waals surface area (Å²) in [6.07, 6.45) is 0.391. The fraction of sp³-hybridized carbons (Fsp3) is 0.100. The number of para-hydroxylation sites is 1. The van der Waals surface area contributed by atoms with Gasteiger partial charge in [-0.2, -0.15) is 0 Å². The molecule has 0 radical (unpaired) electrons. The molecule has 0 spiro atoms. The number of rotatable bonds is 6. The second kappa shape index (κ2) is 8.40. The summed E-state index contributed by atoms with van der Waals surface area (Å²) in [5, 5.41) is 7.35. The predicted molar refractivity (Wildman–Crippen MR) is 101 cm³/mol. The van der Waals surface area contributed by atoms with Crippen LogP contribution in [0.5, 0.6) is 0 Å². The van der Waals surface area contributed by atoms with Crippen LogP contribution in [-0.4, -0.2) is 18.4 Å². The molecular formula is C20H17FN2O2S. The lowest BCUT2D eigenvalue weighted by Gasteiger charge is -2.11. The Morgan fingerprint density at radius 3 is 2.46 bits per heavy atom. The Balaban J connectivity index is 1.64. The predicted octanol–water partition coefficient (Wildman–Crippen LogP) is 4.11. The highest BCUT2D eigenvalue weighted by molar-refractivity contribution is 7.12. The molecule has 1 heterocycles. The van der Waals surface area contributed by atoms with Crippen LogP contribution in [0, 0.1) is 5.82 Å². The molecule has 2 aromatic carbocycles. The first-order valence-electron chi connectivity index (χ1n) is 8.10. The number of hydrogen-bond donors (Lipinski definition) is 2. The minimum atomic E-state index is -0.316. The molecule has 0 aliphatic rings. The zero-order valence-corrected chi connectivity index (χ0v) is 14.7. The maximum absolute atomic E-state index is 13.6. The summed E-state index contributed by atoms with van der Waals surface area (Å²) in [4.78, 5) is 25.2. The van der Waals surface area contributed by atoms with Crippen molar-refractivity contribution in [2.24, 2.45) is 0 Å². The monoisotopic (exact) mass is 368 g/mol. The molecule has 132 valence electrons. The quantitative estimate of drug-likeness (QED) is 0.688. The summed E-state index contributed by atoms with van der Waals surface area (Å²) in [7, 11) is 0. The van der Waals surface area contributed by atoms with Crippen LogP contribution >= 0.6 is 11.3 Å². The number of thiophene rings is 1. The van der Waals surface area contributed by atoms with E-state index in [9.17, 15) is 14.0 Å². The molecule has 6 heteroatoms. The Labute approximate surface area is 154 Å². The van der Waals surface area contributed by atoms with Gasteiger partial charge in [0.2, 0.25) is 0 Å². The lowest BCUT2D eigenvalue weighted by atomic mass is 10.1. The molecular weight excluding hydrogens is 351 g/mol. The SMILES string of the molecule is O=C(Nc1ccccc1C(=O)NCCc1ccccc1F)c1cccs1. The highest BCUT2D eigenvalue weighted by Crippen LogP contribution is 2.18. The maximum Gasteiger partial charge on any atom is 0.265 e. The molecule has 26 heavy (non-hydrogen) atoms. The van der Waals surface area contributed by atoms with E-state index in [0.29, 0.717) is 34.7 Å². The third-order valence-electron chi connectivity index (χ3n) is 3.80. The number of carbonyl (C=O) groups is 2. The average Bonchev–Trinajstić information content (AvgIpc) is 3.18. The van der Waals surface area contributed by atoms with Gasteiger partial charge < -0.3 is 10.6 Å². The molecule has 4 nitrogen and oxygen atoms in total. The summed E-state index contributed by atoms with van der Waals surface area (Å²) in [5.41, 5.74) is 1.35. The Morgan fingerprint density at radius 1 is 0.923 bits per heavy atom. The van der Waals surface area contributed by atoms with Crippen molar-refractivity contribution in [1.29, 1.82) is 0 Å². The number of hydrogen-bond acceptors (Lipinski definition) is 3. The molecule has 2 amide bonds. The minimum absolute atomic E-state index is 0.258. The van der Waals surface area contributed by atoms with Gasteiger partial charge >= 0.3 is 0 Å². The van der Waals surface area contributed by atoms with E-state index in [0.717, 1.165) is 0 Å². The molecule has 0 aliphatic carbocycles. The fourth-order valence-electron chi connectivity index (χ4n) is 2.49. The van der Waals surface area contributed by atoms with Crippen molar-refractivity contribution in [2.75, 3.05) is 11.9 Å². The van der Waals surface area contributed by atoms with Crippen molar-refractivity contribution < 1.29 is 14.0 Å². The molecule has 0 bridgehead atoms. The molecule has 0 atom stereocenters. The molecule has 0 aliphatic heterocycles. The first kappa shape index (κ1) is 17.8. The summed E-state index contributed by atoms with van der Waals surface area (Å²) < 4.78 is 13.6. The van der Waals surface area contributed by atoms with Gasteiger partial charge in [-0.3, -0.25) is 9.59 Å². The number of halogens is 1. The normalized spacial score (nSPS) is 10.3. The largest absolute Gasteiger partial charge is 0.352 e. The van der Waals surface area contributed by atoms with Crippen LogP contribution in [0.2, 0.25) is 0 Å². The van der Waals surface area contributed by atoms with Crippen molar-refractivity contribution in [2.45, 2.75) is 6.42 Å². The second-order valence-electron chi connectivity index (χ2n) is 5.57. The van der Waals surface area contributed by atoms with Crippen LogP contribution in [0.15, 0.2) is 66.0 Å². The Kier molecular flexibility index (Phi) is 5.76. The van der Waals surface area contributed by atoms with Crippen molar-refractivity contribution in [1.82, 2.24) is 5.32 Å². The van der Waals surface area contributed by atoms with Crippen molar-refractivity contribution in [3.8, 4) is 0 Å². The number of nitrogens with one attached hydrogen (secondary N) is 2. The molecule has 0 fully saturated rings. The average molecular weight is 368 g/mol. The molecule has 3 aromatic rings. The fourth-order valence-corrected chi connectivity index (χ4v) is 3.11. The molecule has 3 rings (SSSR count). The van der Waals surface area contributed by atoms with Crippen LogP contribution in [0.1, 0.15) is 25.6 Å². The number of benzene rings is 2. The first-order valence-corrected chi connectivity index (χ1v) is 8.98. The zero-order chi connectivity index (χ0) is 18.4. The Morgan fingerprint density at radius 2 is 1.69 bits per heavy atom. The van der Waals surface area contributed by atoms with Crippen LogP contribution in [0.3, 0.4) is 0 Å².